The Bertz CT molecular complexity index is 3870. The third-order valence-corrected chi connectivity index (χ3v) is 19.3. The summed E-state index contributed by atoms with van der Waals surface area (Å²) in [5.74, 6) is -29.1. The second-order valence-electron chi connectivity index (χ2n) is 28.9. The molecule has 3 rings (SSSR count). The van der Waals surface area contributed by atoms with Gasteiger partial charge in [0.05, 0.1) is 38.8 Å². The first kappa shape index (κ1) is 99.3. The first-order chi connectivity index (χ1) is 55.0. The highest BCUT2D eigenvalue weighted by Gasteiger charge is 2.43. The van der Waals surface area contributed by atoms with Gasteiger partial charge in [-0.25, -0.2) is 9.59 Å². The molecule has 0 saturated carbocycles. The Hall–Kier alpha value is -11.9. The molecular formula is C74H113N17O26. The van der Waals surface area contributed by atoms with Gasteiger partial charge in [0.2, 0.25) is 88.6 Å². The van der Waals surface area contributed by atoms with Gasteiger partial charge in [-0.15, -0.1) is 0 Å². The fourth-order valence-electron chi connectivity index (χ4n) is 12.3. The largest absolute Gasteiger partial charge is 0.481 e. The van der Waals surface area contributed by atoms with Gasteiger partial charge in [-0.2, -0.15) is 0 Å². The van der Waals surface area contributed by atoms with E-state index in [-0.39, 0.29) is 45.1 Å². The van der Waals surface area contributed by atoms with E-state index < -0.39 is 261 Å². The lowest BCUT2D eigenvalue weighted by atomic mass is 9.94. The number of methoxy groups -OCH3 is 1. The number of aromatic amines is 1. The number of fused-ring (bicyclic) bond motifs is 1. The smallest absolute Gasteiger partial charge is 0.335 e. The molecule has 0 unspecified atom stereocenters. The van der Waals surface area contributed by atoms with Crippen LogP contribution in [0.5, 0.6) is 0 Å². The van der Waals surface area contributed by atoms with Crippen LogP contribution in [0.1, 0.15) is 163 Å². The Kier molecular flexibility index (Phi) is 42.2. The first-order valence-corrected chi connectivity index (χ1v) is 38.3. The number of H-pyrrole nitrogens is 1. The number of primary amides is 2. The second kappa shape index (κ2) is 49.8. The quantitative estimate of drug-likeness (QED) is 0.0222. The summed E-state index contributed by atoms with van der Waals surface area (Å²) in [6.45, 7) is 8.05. The molecule has 1 fully saturated rings. The van der Waals surface area contributed by atoms with Crippen molar-refractivity contribution in [2.45, 2.75) is 243 Å². The Morgan fingerprint density at radius 1 is 0.590 bits per heavy atom. The van der Waals surface area contributed by atoms with Crippen LogP contribution in [-0.4, -0.2) is 261 Å². The molecule has 23 N–H and O–H groups in total. The molecule has 43 nitrogen and oxygen atoms in total. The number of aliphatic carboxylic acids is 4. The highest BCUT2D eigenvalue weighted by molar-refractivity contribution is 6.02. The van der Waals surface area contributed by atoms with E-state index in [2.05, 4.69) is 77.3 Å². The van der Waals surface area contributed by atoms with Crippen molar-refractivity contribution < 1.29 is 126 Å². The molecule has 0 radical (unpaired) electrons. The van der Waals surface area contributed by atoms with Crippen molar-refractivity contribution in [3.63, 3.8) is 0 Å². The molecule has 2 aromatic rings. The number of esters is 1. The normalized spacial score (nSPS) is 22.0. The van der Waals surface area contributed by atoms with E-state index in [4.69, 9.17) is 26.7 Å². The van der Waals surface area contributed by atoms with E-state index in [1.54, 1.807) is 30.5 Å². The van der Waals surface area contributed by atoms with Crippen LogP contribution in [0, 0.1) is 17.8 Å². The maximum atomic E-state index is 15.0. The predicted molar refractivity (Wildman–Crippen MR) is 411 cm³/mol. The third kappa shape index (κ3) is 34.2. The van der Waals surface area contributed by atoms with Gasteiger partial charge in [0, 0.05) is 50.5 Å². The number of carboxylic acids is 4. The topological polar surface area (TPSA) is 682 Å². The maximum Gasteiger partial charge on any atom is 0.335 e. The zero-order valence-electron chi connectivity index (χ0n) is 66.9. The summed E-state index contributed by atoms with van der Waals surface area (Å²) in [6, 6.07) is -14.7. The van der Waals surface area contributed by atoms with Crippen molar-refractivity contribution in [3.8, 4) is 0 Å². The number of ether oxygens (including phenoxy) is 2. The van der Waals surface area contributed by atoms with Gasteiger partial charge in [0.1, 0.15) is 72.6 Å². The molecule has 0 bridgehead atoms. The van der Waals surface area contributed by atoms with Crippen molar-refractivity contribution in [2.24, 2.45) is 35.0 Å². The first-order valence-electron chi connectivity index (χ1n) is 38.3. The van der Waals surface area contributed by atoms with E-state index in [9.17, 15) is 112 Å². The molecule has 117 heavy (non-hydrogen) atoms. The Morgan fingerprint density at radius 3 is 1.80 bits per heavy atom. The molecule has 0 aliphatic carbocycles. The molecule has 1 aliphatic heterocycles. The number of nitrogens with one attached hydrogen (secondary N) is 13. The van der Waals surface area contributed by atoms with Crippen LogP contribution in [0.3, 0.4) is 0 Å². The minimum atomic E-state index is -2.30. The number of benzene rings is 1. The summed E-state index contributed by atoms with van der Waals surface area (Å²) in [5, 5.41) is 67.6. The molecule has 1 aliphatic rings. The monoisotopic (exact) mass is 1660 g/mol. The highest BCUT2D eigenvalue weighted by atomic mass is 16.5. The number of amides is 15. The molecule has 2 heterocycles. The van der Waals surface area contributed by atoms with Crippen LogP contribution < -0.4 is 81.0 Å². The molecule has 1 aromatic heterocycles. The van der Waals surface area contributed by atoms with Gasteiger partial charge in [-0.1, -0.05) is 91.3 Å². The van der Waals surface area contributed by atoms with Gasteiger partial charge in [0.15, 0.2) is 6.10 Å². The summed E-state index contributed by atoms with van der Waals surface area (Å²) in [4.78, 5) is 278. The number of cyclic esters (lactones) is 1. The number of hydrogen-bond donors (Lipinski definition) is 20. The molecule has 43 heteroatoms. The van der Waals surface area contributed by atoms with Crippen LogP contribution in [0.15, 0.2) is 30.5 Å². The molecule has 1 saturated heterocycles. The number of nitrogens with zero attached hydrogens (tertiary/aromatic N) is 1. The summed E-state index contributed by atoms with van der Waals surface area (Å²) in [6.07, 6.45) is -3.89. The Morgan fingerprint density at radius 2 is 1.20 bits per heavy atom. The number of nitrogens with two attached hydrogens (primary N) is 3. The van der Waals surface area contributed by atoms with Crippen molar-refractivity contribution in [3.05, 3.63) is 36.0 Å². The molecular weight excluding hydrogens is 1540 g/mol. The number of carbonyl (C=O) groups is 20. The number of carboxylic acid groups (broad SMARTS) is 4. The van der Waals surface area contributed by atoms with Crippen molar-refractivity contribution >= 4 is 129 Å². The standard InChI is InChI=1S/C74H113N17O26/c1-10-36(3)20-14-12-13-15-24-52(94)81-46(29-41-33-78-43-22-17-16-21-42(41)43)66(106)84-45(25-26-55(97)98)64(104)86-48(31-51(77)93)69(109)89-60-40(7)117-74(115)59(37(4)11-2)88-71(111)58(38(5)28-56(99)100)87-68(108)47(30-50(76)92)82-53(95)34-79-70(110)61(62(116-9)73(113)114)90-65(105)44(23-18-19-27-75)83-67(107)49(32-57(101)102)85-63(103)39(6)80-54(96)35-91(8)72(60)112/h16-17,21-22,33,36-40,44-49,58-62,78H,10-15,18-20,23-32,34-35,75H2,1-9H3,(H2,76,92)(H2,77,93)(H,79,110)(H,80,96)(H,81,94)(H,82,95)(H,83,107)(H,84,106)(H,85,103)(H,86,104)(H,87,108)(H,88,111)(H,89,109)(H,90,105)(H,97,98)(H,99,100)(H,101,102)(H,113,114)/t36-,37+,38+,39-,40+,44+,45+,46-,47+,48-,49-,58-,59-,60-,61-,62-/m0/s1. The average Bonchev–Trinajstić information content (AvgIpc) is 1.67. The van der Waals surface area contributed by atoms with Crippen LogP contribution in [0.2, 0.25) is 0 Å². The summed E-state index contributed by atoms with van der Waals surface area (Å²) in [7, 11) is 1.75. The molecule has 1 aromatic carbocycles. The number of aromatic nitrogens is 1. The minimum absolute atomic E-state index is 0.00303. The van der Waals surface area contributed by atoms with Crippen LogP contribution in [0.4, 0.5) is 0 Å². The SMILES string of the molecule is CC[C@H](C)CCCCCCC(=O)N[C@@H](Cc1c[nH]c2ccccc12)C(=O)N[C@H](CCC(=O)O)C(=O)N[C@@H](CC(N)=O)C(=O)N[C@@H]1C(=O)N(C)CC(=O)N[C@@H](C)C(=O)N[C@@H](CC(=O)O)C(=O)N[C@H](CCCCN)C(=O)N[C@@H]([C@H](OC)C(=O)O)C(=O)NCC(=O)N[C@H](CC(N)=O)C(=O)N[C@@H]([C@H](C)CC(=O)O)C(=O)N[C@@H]([C@H](C)CC)C(=O)O[C@@H]1C. The van der Waals surface area contributed by atoms with E-state index in [1.165, 1.54) is 13.8 Å². The summed E-state index contributed by atoms with van der Waals surface area (Å²) >= 11 is 0. The zero-order valence-corrected chi connectivity index (χ0v) is 66.9. The summed E-state index contributed by atoms with van der Waals surface area (Å²) < 4.78 is 10.8. The molecule has 16 atom stereocenters. The molecule has 0 spiro atoms. The van der Waals surface area contributed by atoms with E-state index in [0.717, 1.165) is 60.6 Å². The lowest BCUT2D eigenvalue weighted by molar-refractivity contribution is -0.159. The van der Waals surface area contributed by atoms with Crippen LogP contribution in [0.25, 0.3) is 10.9 Å². The second-order valence-corrected chi connectivity index (χ2v) is 28.9. The number of unbranched alkanes of at least 4 members (excludes halogenated alkanes) is 4. The van der Waals surface area contributed by atoms with Crippen molar-refractivity contribution in [1.29, 1.82) is 0 Å². The molecule has 15 amide bonds. The number of carbonyl (C=O) groups excluding carboxylic acids is 16. The maximum absolute atomic E-state index is 15.0. The minimum Gasteiger partial charge on any atom is -0.481 e. The summed E-state index contributed by atoms with van der Waals surface area (Å²) in [5.41, 5.74) is 18.0. The Balaban J connectivity index is 2.27. The van der Waals surface area contributed by atoms with Gasteiger partial charge < -0.3 is 121 Å². The predicted octanol–water partition coefficient (Wildman–Crippen LogP) is -4.55. The molecule has 650 valence electrons. The van der Waals surface area contributed by atoms with Crippen LogP contribution >= 0.6 is 0 Å². The average molecular weight is 1660 g/mol. The zero-order chi connectivity index (χ0) is 88.1. The van der Waals surface area contributed by atoms with Gasteiger partial charge in [-0.05, 0) is 81.9 Å². The number of rotatable bonds is 38. The van der Waals surface area contributed by atoms with E-state index >= 15 is 4.79 Å². The fourth-order valence-corrected chi connectivity index (χ4v) is 12.3. The van der Waals surface area contributed by atoms with Crippen molar-refractivity contribution in [1.82, 2.24) is 73.7 Å². The van der Waals surface area contributed by atoms with E-state index in [1.807, 2.05) is 5.32 Å². The van der Waals surface area contributed by atoms with Gasteiger partial charge in [-0.3, -0.25) is 86.3 Å². The van der Waals surface area contributed by atoms with Crippen LogP contribution in [-0.2, 0) is 112 Å². The fraction of sp³-hybridized carbons (Fsp3) is 0.622. The number of para-hydroxylation sites is 1. The van der Waals surface area contributed by atoms with E-state index in [0.29, 0.717) is 40.1 Å². The number of likely N-dealkylation sites (N-methyl/N-ethyl adjacent to an activating group) is 1. The highest BCUT2D eigenvalue weighted by Crippen LogP contribution is 2.22. The number of hydrogen-bond acceptors (Lipinski definition) is 23. The van der Waals surface area contributed by atoms with Gasteiger partial charge >= 0.3 is 29.8 Å². The Labute approximate surface area is 673 Å². The lowest BCUT2D eigenvalue weighted by Crippen LogP contribution is -2.62. The van der Waals surface area contributed by atoms with Crippen molar-refractivity contribution in [2.75, 3.05) is 33.8 Å². The van der Waals surface area contributed by atoms with Gasteiger partial charge in [0.25, 0.3) is 0 Å². The lowest BCUT2D eigenvalue weighted by Gasteiger charge is -2.32. The third-order valence-electron chi connectivity index (χ3n) is 19.3.